The lowest BCUT2D eigenvalue weighted by molar-refractivity contribution is 0.110. The van der Waals surface area contributed by atoms with Crippen molar-refractivity contribution in [2.24, 2.45) is 0 Å². The van der Waals surface area contributed by atoms with Crippen LogP contribution >= 0.6 is 0 Å². The third kappa shape index (κ3) is 1.85. The number of aromatic nitrogens is 1. The SMILES string of the molecule is c1ncc(C2CCCNC2)c2c1COCC2. The second-order valence-corrected chi connectivity index (χ2v) is 4.71. The normalized spacial score (nSPS) is 25.1. The van der Waals surface area contributed by atoms with Crippen molar-refractivity contribution in [3.8, 4) is 0 Å². The summed E-state index contributed by atoms with van der Waals surface area (Å²) in [5.74, 6) is 0.661. The highest BCUT2D eigenvalue weighted by atomic mass is 16.5. The average Bonchev–Trinajstić information content (AvgIpc) is 2.39. The highest BCUT2D eigenvalue weighted by molar-refractivity contribution is 5.35. The van der Waals surface area contributed by atoms with E-state index in [2.05, 4.69) is 16.5 Å². The summed E-state index contributed by atoms with van der Waals surface area (Å²) in [6.45, 7) is 3.89. The Bertz CT molecular complexity index is 372. The zero-order valence-electron chi connectivity index (χ0n) is 9.54. The smallest absolute Gasteiger partial charge is 0.0734 e. The van der Waals surface area contributed by atoms with Gasteiger partial charge < -0.3 is 10.1 Å². The Hall–Kier alpha value is -0.930. The molecule has 3 nitrogen and oxygen atoms in total. The summed E-state index contributed by atoms with van der Waals surface area (Å²) in [7, 11) is 0. The highest BCUT2D eigenvalue weighted by Crippen LogP contribution is 2.29. The van der Waals surface area contributed by atoms with Gasteiger partial charge in [0.15, 0.2) is 0 Å². The first-order valence-electron chi connectivity index (χ1n) is 6.19. The van der Waals surface area contributed by atoms with Crippen LogP contribution in [-0.4, -0.2) is 24.7 Å². The molecule has 0 bridgehead atoms. The quantitative estimate of drug-likeness (QED) is 0.777. The van der Waals surface area contributed by atoms with Gasteiger partial charge in [-0.25, -0.2) is 0 Å². The highest BCUT2D eigenvalue weighted by Gasteiger charge is 2.21. The maximum atomic E-state index is 5.48. The van der Waals surface area contributed by atoms with Crippen LogP contribution in [0.5, 0.6) is 0 Å². The molecule has 3 heteroatoms. The van der Waals surface area contributed by atoms with Crippen molar-refractivity contribution in [1.82, 2.24) is 10.3 Å². The predicted octanol–water partition coefficient (Wildman–Crippen LogP) is 1.62. The summed E-state index contributed by atoms with van der Waals surface area (Å²) in [5.41, 5.74) is 4.28. The van der Waals surface area contributed by atoms with Crippen molar-refractivity contribution < 1.29 is 4.74 Å². The fourth-order valence-electron chi connectivity index (χ4n) is 2.80. The van der Waals surface area contributed by atoms with E-state index in [1.807, 2.05) is 6.20 Å². The van der Waals surface area contributed by atoms with Gasteiger partial charge in [-0.2, -0.15) is 0 Å². The van der Waals surface area contributed by atoms with Crippen LogP contribution in [0.15, 0.2) is 12.4 Å². The van der Waals surface area contributed by atoms with E-state index in [0.29, 0.717) is 5.92 Å². The van der Waals surface area contributed by atoms with Gasteiger partial charge in [-0.3, -0.25) is 4.98 Å². The summed E-state index contributed by atoms with van der Waals surface area (Å²) in [6, 6.07) is 0. The number of rotatable bonds is 1. The second-order valence-electron chi connectivity index (χ2n) is 4.71. The fourth-order valence-corrected chi connectivity index (χ4v) is 2.80. The van der Waals surface area contributed by atoms with Gasteiger partial charge >= 0.3 is 0 Å². The van der Waals surface area contributed by atoms with Crippen molar-refractivity contribution in [3.05, 3.63) is 29.1 Å². The van der Waals surface area contributed by atoms with E-state index in [1.54, 1.807) is 0 Å². The lowest BCUT2D eigenvalue weighted by atomic mass is 9.86. The van der Waals surface area contributed by atoms with Crippen molar-refractivity contribution in [1.29, 1.82) is 0 Å². The third-order valence-electron chi connectivity index (χ3n) is 3.67. The van der Waals surface area contributed by atoms with E-state index in [0.717, 1.165) is 26.2 Å². The molecular weight excluding hydrogens is 200 g/mol. The van der Waals surface area contributed by atoms with Crippen molar-refractivity contribution in [2.45, 2.75) is 31.8 Å². The monoisotopic (exact) mass is 218 g/mol. The molecule has 0 aliphatic carbocycles. The van der Waals surface area contributed by atoms with E-state index >= 15 is 0 Å². The predicted molar refractivity (Wildman–Crippen MR) is 62.4 cm³/mol. The molecule has 1 unspecified atom stereocenters. The van der Waals surface area contributed by atoms with Crippen LogP contribution in [0.3, 0.4) is 0 Å². The van der Waals surface area contributed by atoms with Crippen LogP contribution in [0.25, 0.3) is 0 Å². The molecule has 16 heavy (non-hydrogen) atoms. The summed E-state index contributed by atoms with van der Waals surface area (Å²) >= 11 is 0. The Morgan fingerprint density at radius 2 is 2.38 bits per heavy atom. The number of nitrogens with one attached hydrogen (secondary N) is 1. The molecule has 1 fully saturated rings. The van der Waals surface area contributed by atoms with E-state index < -0.39 is 0 Å². The van der Waals surface area contributed by atoms with Gasteiger partial charge in [0.2, 0.25) is 0 Å². The minimum absolute atomic E-state index is 0.661. The van der Waals surface area contributed by atoms with Gasteiger partial charge in [0, 0.05) is 18.9 Å². The van der Waals surface area contributed by atoms with Gasteiger partial charge in [-0.1, -0.05) is 0 Å². The van der Waals surface area contributed by atoms with Crippen LogP contribution in [0.2, 0.25) is 0 Å². The molecule has 1 aromatic heterocycles. The minimum atomic E-state index is 0.661. The van der Waals surface area contributed by atoms with Crippen molar-refractivity contribution in [3.63, 3.8) is 0 Å². The minimum Gasteiger partial charge on any atom is -0.376 e. The Kier molecular flexibility index (Phi) is 2.89. The molecule has 3 rings (SSSR count). The van der Waals surface area contributed by atoms with Crippen LogP contribution in [-0.2, 0) is 17.8 Å². The zero-order valence-corrected chi connectivity index (χ0v) is 9.54. The van der Waals surface area contributed by atoms with Gasteiger partial charge in [0.1, 0.15) is 0 Å². The maximum Gasteiger partial charge on any atom is 0.0734 e. The molecule has 0 aromatic carbocycles. The van der Waals surface area contributed by atoms with Crippen LogP contribution in [0.4, 0.5) is 0 Å². The maximum absolute atomic E-state index is 5.48. The first-order chi connectivity index (χ1) is 7.95. The van der Waals surface area contributed by atoms with Gasteiger partial charge in [-0.05, 0) is 48.4 Å². The molecule has 0 spiro atoms. The number of hydrogen-bond acceptors (Lipinski definition) is 3. The summed E-state index contributed by atoms with van der Waals surface area (Å²) in [4.78, 5) is 4.37. The molecule has 1 atom stereocenters. The Labute approximate surface area is 96.2 Å². The largest absolute Gasteiger partial charge is 0.376 e. The average molecular weight is 218 g/mol. The molecule has 0 amide bonds. The Balaban J connectivity index is 1.93. The molecule has 1 aromatic rings. The lowest BCUT2D eigenvalue weighted by Crippen LogP contribution is -2.29. The third-order valence-corrected chi connectivity index (χ3v) is 3.67. The molecule has 3 heterocycles. The Morgan fingerprint density at radius 3 is 3.25 bits per heavy atom. The van der Waals surface area contributed by atoms with Gasteiger partial charge in [0.05, 0.1) is 13.2 Å². The van der Waals surface area contributed by atoms with E-state index in [1.165, 1.54) is 36.1 Å². The van der Waals surface area contributed by atoms with E-state index in [9.17, 15) is 0 Å². The number of pyridine rings is 1. The number of fused-ring (bicyclic) bond motifs is 1. The number of hydrogen-bond donors (Lipinski definition) is 1. The standard InChI is InChI=1S/C13H18N2O/c1-2-10(6-14-4-1)13-8-15-7-11-9-16-5-3-12(11)13/h7-8,10,14H,1-6,9H2. The molecule has 1 saturated heterocycles. The lowest BCUT2D eigenvalue weighted by Gasteiger charge is -2.27. The first-order valence-corrected chi connectivity index (χ1v) is 6.19. The summed E-state index contributed by atoms with van der Waals surface area (Å²) in [6.07, 6.45) is 7.68. The molecule has 2 aliphatic heterocycles. The summed E-state index contributed by atoms with van der Waals surface area (Å²) < 4.78 is 5.48. The molecule has 86 valence electrons. The van der Waals surface area contributed by atoms with E-state index in [-0.39, 0.29) is 0 Å². The molecular formula is C13H18N2O. The Morgan fingerprint density at radius 1 is 1.38 bits per heavy atom. The van der Waals surface area contributed by atoms with Crippen LogP contribution in [0, 0.1) is 0 Å². The molecule has 0 radical (unpaired) electrons. The second kappa shape index (κ2) is 4.52. The topological polar surface area (TPSA) is 34.2 Å². The van der Waals surface area contributed by atoms with Crippen molar-refractivity contribution in [2.75, 3.05) is 19.7 Å². The van der Waals surface area contributed by atoms with Crippen LogP contribution in [0.1, 0.15) is 35.4 Å². The molecule has 2 aliphatic rings. The first kappa shape index (κ1) is 10.2. The van der Waals surface area contributed by atoms with Crippen LogP contribution < -0.4 is 5.32 Å². The summed E-state index contributed by atoms with van der Waals surface area (Å²) in [5, 5.41) is 3.48. The van der Waals surface area contributed by atoms with Crippen molar-refractivity contribution >= 4 is 0 Å². The van der Waals surface area contributed by atoms with Gasteiger partial charge in [0.25, 0.3) is 0 Å². The van der Waals surface area contributed by atoms with E-state index in [4.69, 9.17) is 4.74 Å². The number of nitrogens with zero attached hydrogens (tertiary/aromatic N) is 1. The van der Waals surface area contributed by atoms with Gasteiger partial charge in [-0.15, -0.1) is 0 Å². The molecule has 1 N–H and O–H groups in total. The fraction of sp³-hybridized carbons (Fsp3) is 0.615. The molecule has 0 saturated carbocycles. The number of ether oxygens (including phenoxy) is 1. The number of piperidine rings is 1. The zero-order chi connectivity index (χ0) is 10.8.